The van der Waals surface area contributed by atoms with E-state index < -0.39 is 0 Å². The highest BCUT2D eigenvalue weighted by atomic mass is 16.3. The van der Waals surface area contributed by atoms with E-state index in [1.807, 2.05) is 18.2 Å². The standard InChI is InChI=1S/C18H24N4O/c19-18-20-11-15(12-21-18)13-22-8-6-16(7-9-22)17(23)10-14-4-2-1-3-5-14/h1-5,11-12,16-17,23H,6-10,13H2,(H2,19,20,21)/t17-/m0/s1. The van der Waals surface area contributed by atoms with Gasteiger partial charge in [-0.3, -0.25) is 4.90 Å². The van der Waals surface area contributed by atoms with Crippen LogP contribution in [0.5, 0.6) is 0 Å². The third-order valence-electron chi connectivity index (χ3n) is 4.60. The van der Waals surface area contributed by atoms with Crippen molar-refractivity contribution in [3.8, 4) is 0 Å². The van der Waals surface area contributed by atoms with Gasteiger partial charge in [0, 0.05) is 24.5 Å². The van der Waals surface area contributed by atoms with Crippen molar-refractivity contribution in [1.82, 2.24) is 14.9 Å². The van der Waals surface area contributed by atoms with Crippen LogP contribution in [0.1, 0.15) is 24.0 Å². The Labute approximate surface area is 137 Å². The molecule has 0 saturated carbocycles. The Hall–Kier alpha value is -1.98. The van der Waals surface area contributed by atoms with Gasteiger partial charge in [0.25, 0.3) is 0 Å². The van der Waals surface area contributed by atoms with Crippen LogP contribution in [-0.2, 0) is 13.0 Å². The molecule has 1 aromatic carbocycles. The van der Waals surface area contributed by atoms with Crippen LogP contribution < -0.4 is 5.73 Å². The Morgan fingerprint density at radius 3 is 2.39 bits per heavy atom. The zero-order chi connectivity index (χ0) is 16.1. The van der Waals surface area contributed by atoms with Crippen molar-refractivity contribution in [3.05, 3.63) is 53.9 Å². The minimum atomic E-state index is -0.251. The number of hydrogen-bond donors (Lipinski definition) is 2. The summed E-state index contributed by atoms with van der Waals surface area (Å²) in [4.78, 5) is 10.5. The minimum absolute atomic E-state index is 0.251. The van der Waals surface area contributed by atoms with Crippen LogP contribution in [0, 0.1) is 5.92 Å². The number of hydrogen-bond acceptors (Lipinski definition) is 5. The summed E-state index contributed by atoms with van der Waals surface area (Å²) in [6, 6.07) is 10.2. The minimum Gasteiger partial charge on any atom is -0.392 e. The molecule has 23 heavy (non-hydrogen) atoms. The SMILES string of the molecule is Nc1ncc(CN2CCC([C@@H](O)Cc3ccccc3)CC2)cn1. The third-order valence-corrected chi connectivity index (χ3v) is 4.60. The Morgan fingerprint density at radius 1 is 1.09 bits per heavy atom. The molecule has 0 amide bonds. The molecule has 0 radical (unpaired) electrons. The fraction of sp³-hybridized carbons (Fsp3) is 0.444. The first-order valence-corrected chi connectivity index (χ1v) is 8.21. The zero-order valence-corrected chi connectivity index (χ0v) is 13.3. The van der Waals surface area contributed by atoms with Gasteiger partial charge in [-0.1, -0.05) is 30.3 Å². The molecule has 3 rings (SSSR count). The Bertz CT molecular complexity index is 594. The predicted octanol–water partition coefficient (Wildman–Crippen LogP) is 1.87. The monoisotopic (exact) mass is 312 g/mol. The van der Waals surface area contributed by atoms with Gasteiger partial charge in [-0.2, -0.15) is 0 Å². The summed E-state index contributed by atoms with van der Waals surface area (Å²) >= 11 is 0. The van der Waals surface area contributed by atoms with Gasteiger partial charge < -0.3 is 10.8 Å². The lowest BCUT2D eigenvalue weighted by molar-refractivity contribution is 0.0576. The molecular formula is C18H24N4O. The van der Waals surface area contributed by atoms with Gasteiger partial charge in [0.05, 0.1) is 6.10 Å². The van der Waals surface area contributed by atoms with Crippen molar-refractivity contribution in [2.24, 2.45) is 5.92 Å². The highest BCUT2D eigenvalue weighted by Crippen LogP contribution is 2.24. The first-order valence-electron chi connectivity index (χ1n) is 8.21. The number of benzene rings is 1. The van der Waals surface area contributed by atoms with Crippen LogP contribution in [0.25, 0.3) is 0 Å². The van der Waals surface area contributed by atoms with Gasteiger partial charge >= 0.3 is 0 Å². The first-order chi connectivity index (χ1) is 11.2. The summed E-state index contributed by atoms with van der Waals surface area (Å²) in [5, 5.41) is 10.5. The number of piperidine rings is 1. The van der Waals surface area contributed by atoms with Crippen molar-refractivity contribution < 1.29 is 5.11 Å². The van der Waals surface area contributed by atoms with E-state index in [2.05, 4.69) is 27.0 Å². The fourth-order valence-corrected chi connectivity index (χ4v) is 3.22. The lowest BCUT2D eigenvalue weighted by atomic mass is 9.88. The Balaban J connectivity index is 1.47. The van der Waals surface area contributed by atoms with Crippen LogP contribution in [-0.4, -0.2) is 39.2 Å². The molecule has 1 aliphatic rings. The number of aromatic nitrogens is 2. The summed E-state index contributed by atoms with van der Waals surface area (Å²) in [6.45, 7) is 2.85. The first kappa shape index (κ1) is 15.9. The van der Waals surface area contributed by atoms with Crippen molar-refractivity contribution in [1.29, 1.82) is 0 Å². The van der Waals surface area contributed by atoms with E-state index in [9.17, 15) is 5.11 Å². The second-order valence-electron chi connectivity index (χ2n) is 6.32. The van der Waals surface area contributed by atoms with E-state index in [1.165, 1.54) is 5.56 Å². The van der Waals surface area contributed by atoms with Gasteiger partial charge in [0.2, 0.25) is 5.95 Å². The number of aliphatic hydroxyl groups is 1. The van der Waals surface area contributed by atoms with E-state index in [1.54, 1.807) is 12.4 Å². The van der Waals surface area contributed by atoms with E-state index in [-0.39, 0.29) is 6.10 Å². The molecule has 1 fully saturated rings. The second-order valence-corrected chi connectivity index (χ2v) is 6.32. The molecule has 0 unspecified atom stereocenters. The smallest absolute Gasteiger partial charge is 0.219 e. The van der Waals surface area contributed by atoms with Gasteiger partial charge in [-0.15, -0.1) is 0 Å². The molecule has 1 saturated heterocycles. The molecule has 0 aliphatic carbocycles. The number of likely N-dealkylation sites (tertiary alicyclic amines) is 1. The van der Waals surface area contributed by atoms with Crippen molar-refractivity contribution >= 4 is 5.95 Å². The van der Waals surface area contributed by atoms with Gasteiger partial charge in [0.1, 0.15) is 0 Å². The maximum Gasteiger partial charge on any atom is 0.219 e. The van der Waals surface area contributed by atoms with Crippen LogP contribution >= 0.6 is 0 Å². The average molecular weight is 312 g/mol. The summed E-state index contributed by atoms with van der Waals surface area (Å²) in [6.07, 6.45) is 6.14. The topological polar surface area (TPSA) is 75.3 Å². The third kappa shape index (κ3) is 4.50. The number of aliphatic hydroxyl groups excluding tert-OH is 1. The molecular weight excluding hydrogens is 288 g/mol. The van der Waals surface area contributed by atoms with Crippen LogP contribution in [0.4, 0.5) is 5.95 Å². The average Bonchev–Trinajstić information content (AvgIpc) is 2.58. The van der Waals surface area contributed by atoms with Gasteiger partial charge in [0.15, 0.2) is 0 Å². The lowest BCUT2D eigenvalue weighted by Gasteiger charge is -2.34. The van der Waals surface area contributed by atoms with Crippen molar-refractivity contribution in [2.75, 3.05) is 18.8 Å². The largest absolute Gasteiger partial charge is 0.392 e. The Kier molecular flexibility index (Phi) is 5.20. The number of anilines is 1. The number of nitrogens with two attached hydrogens (primary N) is 1. The molecule has 5 nitrogen and oxygen atoms in total. The van der Waals surface area contributed by atoms with Crippen molar-refractivity contribution in [2.45, 2.75) is 31.9 Å². The van der Waals surface area contributed by atoms with E-state index in [0.29, 0.717) is 11.9 Å². The van der Waals surface area contributed by atoms with Crippen LogP contribution in [0.3, 0.4) is 0 Å². The molecule has 0 spiro atoms. The highest BCUT2D eigenvalue weighted by Gasteiger charge is 2.25. The summed E-state index contributed by atoms with van der Waals surface area (Å²) < 4.78 is 0. The number of rotatable bonds is 5. The molecule has 2 aromatic rings. The zero-order valence-electron chi connectivity index (χ0n) is 13.3. The van der Waals surface area contributed by atoms with Crippen LogP contribution in [0.15, 0.2) is 42.7 Å². The number of nitrogens with zero attached hydrogens (tertiary/aromatic N) is 3. The Morgan fingerprint density at radius 2 is 1.74 bits per heavy atom. The number of nitrogen functional groups attached to an aromatic ring is 1. The molecule has 122 valence electrons. The van der Waals surface area contributed by atoms with Crippen LogP contribution in [0.2, 0.25) is 0 Å². The fourth-order valence-electron chi connectivity index (χ4n) is 3.22. The summed E-state index contributed by atoms with van der Waals surface area (Å²) in [7, 11) is 0. The molecule has 1 atom stereocenters. The predicted molar refractivity (Wildman–Crippen MR) is 90.6 cm³/mol. The van der Waals surface area contributed by atoms with Gasteiger partial charge in [-0.25, -0.2) is 9.97 Å². The quantitative estimate of drug-likeness (QED) is 0.881. The normalized spacial score (nSPS) is 18.0. The lowest BCUT2D eigenvalue weighted by Crippen LogP contribution is -2.38. The molecule has 1 aromatic heterocycles. The molecule has 2 heterocycles. The molecule has 0 bridgehead atoms. The molecule has 3 N–H and O–H groups in total. The van der Waals surface area contributed by atoms with Gasteiger partial charge in [-0.05, 0) is 43.8 Å². The highest BCUT2D eigenvalue weighted by molar-refractivity contribution is 5.17. The van der Waals surface area contributed by atoms with E-state index in [4.69, 9.17) is 5.73 Å². The second kappa shape index (κ2) is 7.53. The molecule has 1 aliphatic heterocycles. The maximum atomic E-state index is 10.5. The maximum absolute atomic E-state index is 10.5. The van der Waals surface area contributed by atoms with E-state index in [0.717, 1.165) is 44.5 Å². The van der Waals surface area contributed by atoms with Crippen molar-refractivity contribution in [3.63, 3.8) is 0 Å². The summed E-state index contributed by atoms with van der Waals surface area (Å²) in [5.74, 6) is 0.700. The summed E-state index contributed by atoms with van der Waals surface area (Å²) in [5.41, 5.74) is 7.81. The molecule has 5 heteroatoms. The van der Waals surface area contributed by atoms with E-state index >= 15 is 0 Å².